The Morgan fingerprint density at radius 3 is 2.00 bits per heavy atom. The van der Waals surface area contributed by atoms with Crippen LogP contribution in [0.2, 0.25) is 0 Å². The van der Waals surface area contributed by atoms with E-state index in [-0.39, 0.29) is 11.6 Å². The highest BCUT2D eigenvalue weighted by Crippen LogP contribution is 2.63. The zero-order chi connectivity index (χ0) is 25.3. The van der Waals surface area contributed by atoms with Crippen LogP contribution in [0.3, 0.4) is 0 Å². The van der Waals surface area contributed by atoms with Crippen molar-refractivity contribution in [3.8, 4) is 0 Å². The van der Waals surface area contributed by atoms with Crippen molar-refractivity contribution in [3.05, 3.63) is 96.1 Å². The predicted octanol–water partition coefficient (Wildman–Crippen LogP) is 9.82. The van der Waals surface area contributed by atoms with Crippen LogP contribution in [0.1, 0.15) is 57.1 Å². The van der Waals surface area contributed by atoms with Crippen molar-refractivity contribution >= 4 is 44.7 Å². The van der Waals surface area contributed by atoms with E-state index in [1.807, 2.05) is 0 Å². The van der Waals surface area contributed by atoms with Crippen LogP contribution in [0, 0.1) is 12.3 Å². The summed E-state index contributed by atoms with van der Waals surface area (Å²) in [6, 6.07) is 31.0. The molecule has 4 aromatic carbocycles. The van der Waals surface area contributed by atoms with Gasteiger partial charge in [-0.25, -0.2) is 0 Å². The van der Waals surface area contributed by atoms with Crippen LogP contribution in [0.4, 0.5) is 22.7 Å². The van der Waals surface area contributed by atoms with E-state index in [2.05, 4.69) is 122 Å². The highest BCUT2D eigenvalue weighted by Gasteiger charge is 2.56. The van der Waals surface area contributed by atoms with Crippen molar-refractivity contribution in [1.29, 1.82) is 0 Å². The Bertz CT molecular complexity index is 1640. The Hall–Kier alpha value is -3.72. The maximum atomic E-state index is 6.26. The molecule has 0 saturated carbocycles. The minimum atomic E-state index is 0.0992. The number of para-hydroxylation sites is 4. The lowest BCUT2D eigenvalue weighted by atomic mass is 9.62. The van der Waals surface area contributed by atoms with Gasteiger partial charge in [0, 0.05) is 27.6 Å². The van der Waals surface area contributed by atoms with Gasteiger partial charge in [0.25, 0.3) is 0 Å². The molecule has 0 aliphatic carbocycles. The van der Waals surface area contributed by atoms with Crippen LogP contribution in [-0.4, -0.2) is 6.17 Å². The van der Waals surface area contributed by atoms with Crippen LogP contribution >= 0.6 is 0 Å². The monoisotopic (exact) mass is 486 g/mol. The predicted molar refractivity (Wildman–Crippen MR) is 155 cm³/mol. The Kier molecular flexibility index (Phi) is 4.95. The summed E-state index contributed by atoms with van der Waals surface area (Å²) in [7, 11) is 0. The summed E-state index contributed by atoms with van der Waals surface area (Å²) in [4.78, 5) is 5.32. The zero-order valence-electron chi connectivity index (χ0n) is 22.2. The molecule has 2 aliphatic heterocycles. The van der Waals surface area contributed by atoms with E-state index in [0.717, 1.165) is 30.4 Å². The van der Waals surface area contributed by atoms with E-state index in [0.29, 0.717) is 5.92 Å². The molecule has 0 spiro atoms. The summed E-state index contributed by atoms with van der Waals surface area (Å²) >= 11 is 0. The number of aryl methyl sites for hydroxylation is 1. The fraction of sp³-hybridized carbons (Fsp3) is 0.294. The van der Waals surface area contributed by atoms with E-state index in [1.54, 1.807) is 0 Å². The van der Waals surface area contributed by atoms with Crippen LogP contribution in [0.5, 0.6) is 0 Å². The third-order valence-electron chi connectivity index (χ3n) is 9.43. The number of furan rings is 1. The van der Waals surface area contributed by atoms with E-state index in [4.69, 9.17) is 4.42 Å². The van der Waals surface area contributed by atoms with Crippen molar-refractivity contribution in [1.82, 2.24) is 0 Å². The summed E-state index contributed by atoms with van der Waals surface area (Å²) in [5, 5.41) is 2.42. The molecule has 2 aliphatic rings. The molecule has 2 unspecified atom stereocenters. The van der Waals surface area contributed by atoms with E-state index in [9.17, 15) is 0 Å². The quantitative estimate of drug-likeness (QED) is 0.252. The summed E-state index contributed by atoms with van der Waals surface area (Å²) in [5.74, 6) is 0.496. The second kappa shape index (κ2) is 8.14. The molecule has 3 heteroatoms. The standard InChI is InChI=1S/C34H34N2O/c1-5-25-23-14-8-10-16-27(23)36-29-18-12-11-17-28(29)35(33(36)34(25,6-2)7-3)26-20-21-31-32(22(26)4)24-15-9-13-19-30(24)37-31/h8-21,25,33H,5-7H2,1-4H3. The second-order valence-corrected chi connectivity index (χ2v) is 10.7. The molecule has 186 valence electrons. The average Bonchev–Trinajstić information content (AvgIpc) is 3.49. The lowest BCUT2D eigenvalue weighted by molar-refractivity contribution is 0.144. The van der Waals surface area contributed by atoms with Gasteiger partial charge in [-0.1, -0.05) is 69.3 Å². The maximum Gasteiger partial charge on any atom is 0.135 e. The normalized spacial score (nSPS) is 19.8. The summed E-state index contributed by atoms with van der Waals surface area (Å²) in [6.45, 7) is 9.45. The van der Waals surface area contributed by atoms with Crippen LogP contribution in [-0.2, 0) is 0 Å². The Labute approximate surface area is 219 Å². The largest absolute Gasteiger partial charge is 0.456 e. The number of nitrogens with zero attached hydrogens (tertiary/aromatic N) is 2. The van der Waals surface area contributed by atoms with Gasteiger partial charge in [0.2, 0.25) is 0 Å². The molecular weight excluding hydrogens is 452 g/mol. The highest BCUT2D eigenvalue weighted by atomic mass is 16.3. The summed E-state index contributed by atoms with van der Waals surface area (Å²) in [5.41, 5.74) is 10.0. The molecule has 3 nitrogen and oxygen atoms in total. The molecule has 7 rings (SSSR count). The minimum Gasteiger partial charge on any atom is -0.456 e. The molecular formula is C34H34N2O. The summed E-state index contributed by atoms with van der Waals surface area (Å²) < 4.78 is 6.26. The van der Waals surface area contributed by atoms with Crippen molar-refractivity contribution in [3.63, 3.8) is 0 Å². The van der Waals surface area contributed by atoms with Crippen molar-refractivity contribution in [2.75, 3.05) is 9.80 Å². The first-order chi connectivity index (χ1) is 18.1. The van der Waals surface area contributed by atoms with Crippen LogP contribution < -0.4 is 9.80 Å². The highest BCUT2D eigenvalue weighted by molar-refractivity contribution is 6.09. The fourth-order valence-electron chi connectivity index (χ4n) is 7.75. The smallest absolute Gasteiger partial charge is 0.135 e. The second-order valence-electron chi connectivity index (χ2n) is 10.7. The molecule has 0 radical (unpaired) electrons. The van der Waals surface area contributed by atoms with Gasteiger partial charge in [-0.15, -0.1) is 0 Å². The molecule has 1 aromatic heterocycles. The maximum absolute atomic E-state index is 6.26. The molecule has 0 saturated heterocycles. The van der Waals surface area contributed by atoms with Gasteiger partial charge in [-0.05, 0) is 79.6 Å². The molecule has 5 aromatic rings. The molecule has 0 N–H and O–H groups in total. The third kappa shape index (κ3) is 2.83. The molecule has 0 bridgehead atoms. The minimum absolute atomic E-state index is 0.0992. The Balaban J connectivity index is 1.55. The van der Waals surface area contributed by atoms with Crippen LogP contribution in [0.25, 0.3) is 21.9 Å². The van der Waals surface area contributed by atoms with Crippen molar-refractivity contribution in [2.24, 2.45) is 5.41 Å². The number of anilines is 4. The first kappa shape index (κ1) is 22.5. The van der Waals surface area contributed by atoms with E-state index >= 15 is 0 Å². The van der Waals surface area contributed by atoms with E-state index < -0.39 is 0 Å². The molecule has 3 heterocycles. The van der Waals surface area contributed by atoms with Gasteiger partial charge in [0.1, 0.15) is 17.3 Å². The average molecular weight is 487 g/mol. The molecule has 0 amide bonds. The number of hydrogen-bond donors (Lipinski definition) is 0. The molecule has 0 fully saturated rings. The van der Waals surface area contributed by atoms with Gasteiger partial charge >= 0.3 is 0 Å². The number of rotatable bonds is 4. The van der Waals surface area contributed by atoms with Gasteiger partial charge in [0.15, 0.2) is 0 Å². The van der Waals surface area contributed by atoms with E-state index in [1.165, 1.54) is 44.6 Å². The zero-order valence-corrected chi connectivity index (χ0v) is 22.2. The first-order valence-corrected chi connectivity index (χ1v) is 13.8. The van der Waals surface area contributed by atoms with Gasteiger partial charge in [-0.3, -0.25) is 0 Å². The number of fused-ring (bicyclic) bond motifs is 8. The number of hydrogen-bond acceptors (Lipinski definition) is 3. The van der Waals surface area contributed by atoms with Crippen LogP contribution in [0.15, 0.2) is 89.3 Å². The van der Waals surface area contributed by atoms with Crippen molar-refractivity contribution < 1.29 is 4.42 Å². The first-order valence-electron chi connectivity index (χ1n) is 13.8. The van der Waals surface area contributed by atoms with Crippen molar-refractivity contribution in [2.45, 2.75) is 59.0 Å². The lowest BCUT2D eigenvalue weighted by Gasteiger charge is -2.55. The fourth-order valence-corrected chi connectivity index (χ4v) is 7.75. The Morgan fingerprint density at radius 1 is 0.676 bits per heavy atom. The topological polar surface area (TPSA) is 19.6 Å². The third-order valence-corrected chi connectivity index (χ3v) is 9.43. The summed E-state index contributed by atoms with van der Waals surface area (Å²) in [6.07, 6.45) is 3.59. The lowest BCUT2D eigenvalue weighted by Crippen LogP contribution is -2.57. The number of benzene rings is 4. The SMILES string of the molecule is CCC1c2ccccc2N2c3ccccc3N(c3ccc4oc5ccccc5c4c3C)C2C1(CC)CC. The molecule has 2 atom stereocenters. The molecule has 37 heavy (non-hydrogen) atoms. The van der Waals surface area contributed by atoms with Gasteiger partial charge in [0.05, 0.1) is 11.4 Å². The van der Waals surface area contributed by atoms with Gasteiger partial charge < -0.3 is 14.2 Å². The van der Waals surface area contributed by atoms with Gasteiger partial charge in [-0.2, -0.15) is 0 Å². The Morgan fingerprint density at radius 2 is 1.30 bits per heavy atom.